The van der Waals surface area contributed by atoms with E-state index in [2.05, 4.69) is 5.10 Å². The summed E-state index contributed by atoms with van der Waals surface area (Å²) in [6, 6.07) is 1.88. The second-order valence-corrected chi connectivity index (χ2v) is 5.64. The number of hydrogen-bond acceptors (Lipinski definition) is 4. The highest BCUT2D eigenvalue weighted by Crippen LogP contribution is 2.16. The molecule has 112 valence electrons. The van der Waals surface area contributed by atoms with Crippen LogP contribution in [0.25, 0.3) is 0 Å². The summed E-state index contributed by atoms with van der Waals surface area (Å²) in [6.45, 7) is 6.26. The van der Waals surface area contributed by atoms with E-state index in [-0.39, 0.29) is 12.0 Å². The maximum atomic E-state index is 12.5. The van der Waals surface area contributed by atoms with Crippen LogP contribution in [0.3, 0.4) is 0 Å². The average molecular weight is 280 g/mol. The molecule has 1 aliphatic rings. The number of nitrogens with zero attached hydrogens (tertiary/aromatic N) is 3. The topological polar surface area (TPSA) is 73.4 Å². The summed E-state index contributed by atoms with van der Waals surface area (Å²) in [6.07, 6.45) is 5.22. The zero-order valence-electron chi connectivity index (χ0n) is 12.3. The van der Waals surface area contributed by atoms with E-state index >= 15 is 0 Å². The monoisotopic (exact) mass is 280 g/mol. The maximum absolute atomic E-state index is 12.5. The fourth-order valence-electron chi connectivity index (χ4n) is 2.62. The summed E-state index contributed by atoms with van der Waals surface area (Å²) in [5.41, 5.74) is 5.36. The lowest BCUT2D eigenvalue weighted by molar-refractivity contribution is -0.144. The van der Waals surface area contributed by atoms with E-state index in [0.717, 1.165) is 6.42 Å². The molecule has 0 spiro atoms. The molecule has 1 fully saturated rings. The second-order valence-electron chi connectivity index (χ2n) is 5.64. The first-order valence-corrected chi connectivity index (χ1v) is 7.20. The first kappa shape index (κ1) is 15.0. The van der Waals surface area contributed by atoms with Crippen LogP contribution in [0.1, 0.15) is 26.7 Å². The SMILES string of the molecule is CCCC(C)(N)C(=O)N1CCOC(Cn2cccn2)C1. The molecule has 0 saturated carbocycles. The Morgan fingerprint density at radius 3 is 3.05 bits per heavy atom. The van der Waals surface area contributed by atoms with Gasteiger partial charge in [-0.25, -0.2) is 0 Å². The van der Waals surface area contributed by atoms with Crippen LogP contribution in [-0.4, -0.2) is 51.9 Å². The Balaban J connectivity index is 1.94. The van der Waals surface area contributed by atoms with Crippen molar-refractivity contribution in [3.8, 4) is 0 Å². The van der Waals surface area contributed by atoms with Crippen molar-refractivity contribution in [3.05, 3.63) is 18.5 Å². The highest BCUT2D eigenvalue weighted by Gasteiger charge is 2.34. The van der Waals surface area contributed by atoms with E-state index in [1.165, 1.54) is 0 Å². The van der Waals surface area contributed by atoms with Crippen molar-refractivity contribution in [2.24, 2.45) is 5.73 Å². The first-order valence-electron chi connectivity index (χ1n) is 7.20. The molecule has 6 heteroatoms. The minimum atomic E-state index is -0.775. The molecule has 2 rings (SSSR count). The van der Waals surface area contributed by atoms with Crippen LogP contribution < -0.4 is 5.73 Å². The molecule has 2 unspecified atom stereocenters. The van der Waals surface area contributed by atoms with Crippen molar-refractivity contribution in [1.29, 1.82) is 0 Å². The van der Waals surface area contributed by atoms with E-state index in [4.69, 9.17) is 10.5 Å². The van der Waals surface area contributed by atoms with Gasteiger partial charge in [0.05, 0.1) is 24.8 Å². The number of hydrogen-bond donors (Lipinski definition) is 1. The van der Waals surface area contributed by atoms with E-state index in [1.54, 1.807) is 6.20 Å². The molecule has 0 aliphatic carbocycles. The minimum Gasteiger partial charge on any atom is -0.373 e. The van der Waals surface area contributed by atoms with Gasteiger partial charge in [-0.2, -0.15) is 5.10 Å². The molecule has 2 atom stereocenters. The first-order chi connectivity index (χ1) is 9.53. The van der Waals surface area contributed by atoms with Crippen LogP contribution in [0.15, 0.2) is 18.5 Å². The number of ether oxygens (including phenoxy) is 1. The Kier molecular flexibility index (Phi) is 4.77. The molecular weight excluding hydrogens is 256 g/mol. The predicted octanol–water partition coefficient (Wildman–Crippen LogP) is 0.628. The Morgan fingerprint density at radius 2 is 2.40 bits per heavy atom. The van der Waals surface area contributed by atoms with Crippen molar-refractivity contribution < 1.29 is 9.53 Å². The van der Waals surface area contributed by atoms with Crippen LogP contribution in [0, 0.1) is 0 Å². The van der Waals surface area contributed by atoms with Gasteiger partial charge in [0, 0.05) is 25.5 Å². The molecule has 6 nitrogen and oxygen atoms in total. The fraction of sp³-hybridized carbons (Fsp3) is 0.714. The van der Waals surface area contributed by atoms with E-state index in [9.17, 15) is 4.79 Å². The number of rotatable bonds is 5. The molecular formula is C14H24N4O2. The van der Waals surface area contributed by atoms with Gasteiger partial charge in [0.25, 0.3) is 0 Å². The lowest BCUT2D eigenvalue weighted by atomic mass is 9.95. The smallest absolute Gasteiger partial charge is 0.242 e. The van der Waals surface area contributed by atoms with Gasteiger partial charge in [-0.05, 0) is 19.4 Å². The second kappa shape index (κ2) is 6.37. The Morgan fingerprint density at radius 1 is 1.60 bits per heavy atom. The summed E-state index contributed by atoms with van der Waals surface area (Å²) < 4.78 is 7.53. The molecule has 20 heavy (non-hydrogen) atoms. The summed E-state index contributed by atoms with van der Waals surface area (Å²) in [5.74, 6) is 0.0214. The van der Waals surface area contributed by atoms with Gasteiger partial charge >= 0.3 is 0 Å². The Bertz CT molecular complexity index is 430. The molecule has 0 aromatic carbocycles. The molecule has 1 aromatic heterocycles. The average Bonchev–Trinajstić information content (AvgIpc) is 2.91. The van der Waals surface area contributed by atoms with Gasteiger partial charge in [-0.3, -0.25) is 9.48 Å². The lowest BCUT2D eigenvalue weighted by Crippen LogP contribution is -2.57. The standard InChI is InChI=1S/C14H24N4O2/c1-3-5-14(2,15)13(19)17-8-9-20-12(10-17)11-18-7-4-6-16-18/h4,6-7,12H,3,5,8-11,15H2,1-2H3. The third-order valence-electron chi connectivity index (χ3n) is 3.63. The molecule has 2 heterocycles. The van der Waals surface area contributed by atoms with Crippen molar-refractivity contribution in [2.75, 3.05) is 19.7 Å². The van der Waals surface area contributed by atoms with Gasteiger partial charge in [-0.1, -0.05) is 13.3 Å². The molecule has 1 saturated heterocycles. The van der Waals surface area contributed by atoms with E-state index in [0.29, 0.717) is 32.7 Å². The third kappa shape index (κ3) is 3.58. The number of nitrogens with two attached hydrogens (primary N) is 1. The fourth-order valence-corrected chi connectivity index (χ4v) is 2.62. The summed E-state index contributed by atoms with van der Waals surface area (Å²) in [7, 11) is 0. The Hall–Kier alpha value is -1.40. The molecule has 0 bridgehead atoms. The zero-order chi connectivity index (χ0) is 14.6. The lowest BCUT2D eigenvalue weighted by Gasteiger charge is -2.37. The highest BCUT2D eigenvalue weighted by atomic mass is 16.5. The predicted molar refractivity (Wildman–Crippen MR) is 76.0 cm³/mol. The quantitative estimate of drug-likeness (QED) is 0.858. The normalized spacial score (nSPS) is 22.6. The molecule has 1 aliphatic heterocycles. The van der Waals surface area contributed by atoms with Crippen molar-refractivity contribution in [3.63, 3.8) is 0 Å². The van der Waals surface area contributed by atoms with Crippen LogP contribution >= 0.6 is 0 Å². The number of amides is 1. The van der Waals surface area contributed by atoms with Gasteiger partial charge < -0.3 is 15.4 Å². The van der Waals surface area contributed by atoms with Crippen molar-refractivity contribution >= 4 is 5.91 Å². The highest BCUT2D eigenvalue weighted by molar-refractivity contribution is 5.85. The minimum absolute atomic E-state index is 0.0214. The Labute approximate surface area is 119 Å². The van der Waals surface area contributed by atoms with Crippen molar-refractivity contribution in [1.82, 2.24) is 14.7 Å². The van der Waals surface area contributed by atoms with Gasteiger partial charge in [0.2, 0.25) is 5.91 Å². The van der Waals surface area contributed by atoms with Gasteiger partial charge in [0.1, 0.15) is 0 Å². The van der Waals surface area contributed by atoms with Crippen LogP contribution in [-0.2, 0) is 16.1 Å². The van der Waals surface area contributed by atoms with Crippen LogP contribution in [0.4, 0.5) is 0 Å². The third-order valence-corrected chi connectivity index (χ3v) is 3.63. The largest absolute Gasteiger partial charge is 0.373 e. The maximum Gasteiger partial charge on any atom is 0.242 e. The summed E-state index contributed by atoms with van der Waals surface area (Å²) in [5, 5.41) is 4.17. The molecule has 1 aromatic rings. The van der Waals surface area contributed by atoms with Crippen molar-refractivity contribution in [2.45, 2.75) is 44.9 Å². The summed E-state index contributed by atoms with van der Waals surface area (Å²) in [4.78, 5) is 14.3. The van der Waals surface area contributed by atoms with Crippen LogP contribution in [0.2, 0.25) is 0 Å². The number of carbonyl (C=O) groups excluding carboxylic acids is 1. The number of aromatic nitrogens is 2. The van der Waals surface area contributed by atoms with Gasteiger partial charge in [-0.15, -0.1) is 0 Å². The van der Waals surface area contributed by atoms with Gasteiger partial charge in [0.15, 0.2) is 0 Å². The van der Waals surface area contributed by atoms with E-state index in [1.807, 2.05) is 35.7 Å². The number of morpholine rings is 1. The number of carbonyl (C=O) groups is 1. The molecule has 0 radical (unpaired) electrons. The molecule has 2 N–H and O–H groups in total. The molecule has 1 amide bonds. The zero-order valence-corrected chi connectivity index (χ0v) is 12.3. The van der Waals surface area contributed by atoms with Crippen LogP contribution in [0.5, 0.6) is 0 Å². The van der Waals surface area contributed by atoms with E-state index < -0.39 is 5.54 Å². The summed E-state index contributed by atoms with van der Waals surface area (Å²) >= 11 is 0.